The monoisotopic (exact) mass is 291 g/mol. The van der Waals surface area contributed by atoms with Crippen LogP contribution in [-0.2, 0) is 0 Å². The Morgan fingerprint density at radius 3 is 2.80 bits per heavy atom. The molecule has 0 saturated carbocycles. The number of hydrogen-bond donors (Lipinski definition) is 1. The molecule has 0 saturated heterocycles. The molecule has 1 N–H and O–H groups in total. The van der Waals surface area contributed by atoms with Crippen molar-refractivity contribution < 1.29 is 9.13 Å². The molecule has 3 rings (SSSR count). The van der Waals surface area contributed by atoms with Crippen LogP contribution >= 0.6 is 11.6 Å². The van der Waals surface area contributed by atoms with Gasteiger partial charge in [-0.05, 0) is 31.0 Å². The van der Waals surface area contributed by atoms with Crippen molar-refractivity contribution >= 4 is 17.3 Å². The third-order valence-electron chi connectivity index (χ3n) is 3.54. The quantitative estimate of drug-likeness (QED) is 0.826. The number of hydrogen-bond acceptors (Lipinski definition) is 2. The summed E-state index contributed by atoms with van der Waals surface area (Å²) in [7, 11) is 0. The average Bonchev–Trinajstić information content (AvgIpc) is 2.40. The van der Waals surface area contributed by atoms with Crippen LogP contribution in [0.4, 0.5) is 10.1 Å². The summed E-state index contributed by atoms with van der Waals surface area (Å²) in [6, 6.07) is 9.14. The highest BCUT2D eigenvalue weighted by atomic mass is 35.5. The fourth-order valence-corrected chi connectivity index (χ4v) is 2.69. The Balaban J connectivity index is 1.93. The highest BCUT2D eigenvalue weighted by Crippen LogP contribution is 2.37. The lowest BCUT2D eigenvalue weighted by Gasteiger charge is -2.29. The van der Waals surface area contributed by atoms with Gasteiger partial charge in [0.15, 0.2) is 0 Å². The molecule has 2 aromatic rings. The van der Waals surface area contributed by atoms with Gasteiger partial charge in [-0.25, -0.2) is 4.39 Å². The molecular weight excluding hydrogens is 277 g/mol. The summed E-state index contributed by atoms with van der Waals surface area (Å²) in [5, 5.41) is 3.35. The standard InChI is InChI=1S/C16H15ClFNO/c1-9-3-4-11(10(2)5-9)16-8-19-14-6-12(17)13(18)7-15(14)20-16/h3-7,16,19H,8H2,1-2H3. The van der Waals surface area contributed by atoms with Crippen molar-refractivity contribution in [1.82, 2.24) is 0 Å². The fourth-order valence-electron chi connectivity index (χ4n) is 2.52. The Morgan fingerprint density at radius 1 is 1.25 bits per heavy atom. The molecule has 0 spiro atoms. The lowest BCUT2D eigenvalue weighted by molar-refractivity contribution is 0.209. The number of fused-ring (bicyclic) bond motifs is 1. The highest BCUT2D eigenvalue weighted by molar-refractivity contribution is 6.31. The first-order valence-electron chi connectivity index (χ1n) is 6.51. The van der Waals surface area contributed by atoms with Gasteiger partial charge in [-0.15, -0.1) is 0 Å². The first kappa shape index (κ1) is 13.3. The van der Waals surface area contributed by atoms with Crippen LogP contribution in [0.15, 0.2) is 30.3 Å². The zero-order valence-corrected chi connectivity index (χ0v) is 12.1. The summed E-state index contributed by atoms with van der Waals surface area (Å²) in [6.07, 6.45) is -0.122. The first-order valence-corrected chi connectivity index (χ1v) is 6.89. The molecule has 20 heavy (non-hydrogen) atoms. The lowest BCUT2D eigenvalue weighted by Crippen LogP contribution is -2.24. The Kier molecular flexibility index (Phi) is 3.30. The van der Waals surface area contributed by atoms with Crippen LogP contribution in [0, 0.1) is 19.7 Å². The molecular formula is C16H15ClFNO. The molecule has 0 aliphatic carbocycles. The minimum atomic E-state index is -0.464. The molecule has 4 heteroatoms. The number of ether oxygens (including phenoxy) is 1. The van der Waals surface area contributed by atoms with E-state index in [4.69, 9.17) is 16.3 Å². The third kappa shape index (κ3) is 2.34. The van der Waals surface area contributed by atoms with Gasteiger partial charge in [0.05, 0.1) is 17.3 Å². The Morgan fingerprint density at radius 2 is 2.05 bits per heavy atom. The van der Waals surface area contributed by atoms with E-state index in [9.17, 15) is 4.39 Å². The van der Waals surface area contributed by atoms with Crippen molar-refractivity contribution in [2.45, 2.75) is 20.0 Å². The van der Waals surface area contributed by atoms with E-state index >= 15 is 0 Å². The molecule has 2 aromatic carbocycles. The predicted octanol–water partition coefficient (Wildman–Crippen LogP) is 4.64. The fraction of sp³-hybridized carbons (Fsp3) is 0.250. The van der Waals surface area contributed by atoms with Crippen LogP contribution in [0.25, 0.3) is 0 Å². The Hall–Kier alpha value is -1.74. The van der Waals surface area contributed by atoms with Gasteiger partial charge in [-0.1, -0.05) is 35.4 Å². The zero-order chi connectivity index (χ0) is 14.3. The van der Waals surface area contributed by atoms with Crippen molar-refractivity contribution in [2.75, 3.05) is 11.9 Å². The topological polar surface area (TPSA) is 21.3 Å². The summed E-state index contributed by atoms with van der Waals surface area (Å²) in [5.41, 5.74) is 4.24. The van der Waals surface area contributed by atoms with Gasteiger partial charge in [-0.3, -0.25) is 0 Å². The number of benzene rings is 2. The van der Waals surface area contributed by atoms with Gasteiger partial charge in [-0.2, -0.15) is 0 Å². The van der Waals surface area contributed by atoms with Crippen LogP contribution in [-0.4, -0.2) is 6.54 Å². The van der Waals surface area contributed by atoms with Crippen molar-refractivity contribution in [3.8, 4) is 5.75 Å². The molecule has 0 radical (unpaired) electrons. The summed E-state index contributed by atoms with van der Waals surface area (Å²) < 4.78 is 19.4. The van der Waals surface area contributed by atoms with E-state index in [-0.39, 0.29) is 11.1 Å². The van der Waals surface area contributed by atoms with E-state index in [0.717, 1.165) is 11.3 Å². The molecule has 1 aliphatic heterocycles. The van der Waals surface area contributed by atoms with Crippen molar-refractivity contribution in [3.05, 3.63) is 57.9 Å². The minimum Gasteiger partial charge on any atom is -0.482 e. The third-order valence-corrected chi connectivity index (χ3v) is 3.83. The molecule has 0 fully saturated rings. The van der Waals surface area contributed by atoms with Crippen LogP contribution in [0.1, 0.15) is 22.8 Å². The maximum absolute atomic E-state index is 13.5. The second-order valence-electron chi connectivity index (χ2n) is 5.11. The highest BCUT2D eigenvalue weighted by Gasteiger charge is 2.23. The molecule has 104 valence electrons. The number of aryl methyl sites for hydroxylation is 2. The van der Waals surface area contributed by atoms with Crippen molar-refractivity contribution in [1.29, 1.82) is 0 Å². The number of rotatable bonds is 1. The van der Waals surface area contributed by atoms with Gasteiger partial charge in [0.2, 0.25) is 0 Å². The maximum atomic E-state index is 13.5. The van der Waals surface area contributed by atoms with Gasteiger partial charge in [0.1, 0.15) is 17.7 Å². The van der Waals surface area contributed by atoms with Crippen molar-refractivity contribution in [3.63, 3.8) is 0 Å². The van der Waals surface area contributed by atoms with Crippen LogP contribution in [0.5, 0.6) is 5.75 Å². The second kappa shape index (κ2) is 4.98. The Labute approximate surface area is 122 Å². The summed E-state index contributed by atoms with van der Waals surface area (Å²) in [4.78, 5) is 0. The molecule has 1 atom stereocenters. The molecule has 0 bridgehead atoms. The van der Waals surface area contributed by atoms with Crippen molar-refractivity contribution in [2.24, 2.45) is 0 Å². The van der Waals surface area contributed by atoms with Gasteiger partial charge < -0.3 is 10.1 Å². The van der Waals surface area contributed by atoms with E-state index in [1.807, 2.05) is 0 Å². The first-order chi connectivity index (χ1) is 9.54. The van der Waals surface area contributed by atoms with Crippen LogP contribution in [0.2, 0.25) is 5.02 Å². The zero-order valence-electron chi connectivity index (χ0n) is 11.3. The maximum Gasteiger partial charge on any atom is 0.146 e. The largest absolute Gasteiger partial charge is 0.482 e. The van der Waals surface area contributed by atoms with E-state index in [1.54, 1.807) is 6.07 Å². The SMILES string of the molecule is Cc1ccc(C2CNc3cc(Cl)c(F)cc3O2)c(C)c1. The van der Waals surface area contributed by atoms with Gasteiger partial charge >= 0.3 is 0 Å². The predicted molar refractivity (Wildman–Crippen MR) is 79.2 cm³/mol. The summed E-state index contributed by atoms with van der Waals surface area (Å²) in [6.45, 7) is 4.76. The second-order valence-corrected chi connectivity index (χ2v) is 5.52. The molecule has 1 unspecified atom stereocenters. The van der Waals surface area contributed by atoms with Crippen LogP contribution in [0.3, 0.4) is 0 Å². The molecule has 0 aromatic heterocycles. The van der Waals surface area contributed by atoms with E-state index in [0.29, 0.717) is 12.3 Å². The van der Waals surface area contributed by atoms with E-state index in [1.165, 1.54) is 17.2 Å². The van der Waals surface area contributed by atoms with Crippen LogP contribution < -0.4 is 10.1 Å². The molecule has 2 nitrogen and oxygen atoms in total. The summed E-state index contributed by atoms with van der Waals surface area (Å²) >= 11 is 5.77. The molecule has 1 aliphatic rings. The Bertz CT molecular complexity index is 672. The molecule has 1 heterocycles. The summed E-state index contributed by atoms with van der Waals surface area (Å²) in [5.74, 6) is 0.0385. The number of anilines is 1. The van der Waals surface area contributed by atoms with E-state index < -0.39 is 5.82 Å². The average molecular weight is 292 g/mol. The number of nitrogens with one attached hydrogen (secondary N) is 1. The van der Waals surface area contributed by atoms with Gasteiger partial charge in [0.25, 0.3) is 0 Å². The van der Waals surface area contributed by atoms with E-state index in [2.05, 4.69) is 37.4 Å². The van der Waals surface area contributed by atoms with Gasteiger partial charge in [0, 0.05) is 6.07 Å². The smallest absolute Gasteiger partial charge is 0.146 e. The minimum absolute atomic E-state index is 0.102. The molecule has 0 amide bonds. The number of halogens is 2. The normalized spacial score (nSPS) is 17.1. The lowest BCUT2D eigenvalue weighted by atomic mass is 10.00.